The first-order valence-corrected chi connectivity index (χ1v) is 10.9. The van der Waals surface area contributed by atoms with Crippen LogP contribution >= 0.6 is 0 Å². The Kier molecular flexibility index (Phi) is 4.92. The molecule has 1 aliphatic heterocycles. The number of carbonyl (C=O) groups excluding carboxylic acids is 1. The second-order valence-corrected chi connectivity index (χ2v) is 10.6. The van der Waals surface area contributed by atoms with Crippen LogP contribution in [-0.4, -0.2) is 40.4 Å². The molecule has 1 aliphatic rings. The molecular weight excluding hydrogens is 368 g/mol. The molecule has 3 heterocycles. The van der Waals surface area contributed by atoms with E-state index < -0.39 is 15.9 Å². The molecule has 1 fully saturated rings. The molecule has 2 N–H and O–H groups in total. The predicted octanol–water partition coefficient (Wildman–Crippen LogP) is 1.32. The van der Waals surface area contributed by atoms with Gasteiger partial charge in [-0.1, -0.05) is 20.8 Å². The summed E-state index contributed by atoms with van der Waals surface area (Å²) >= 11 is 0. The molecule has 1 amide bonds. The third-order valence-corrected chi connectivity index (χ3v) is 6.74. The van der Waals surface area contributed by atoms with Crippen LogP contribution in [-0.2, 0) is 20.0 Å². The molecule has 3 rings (SSSR count). The zero-order chi connectivity index (χ0) is 20.0. The minimum absolute atomic E-state index is 0.0687. The standard InChI is InChI=1S/C18H26N4O4S/c1-11(19-16(23)7-12-5-6-27(25,26)10-12)13-8-17(24)22-15(20-13)9-14(21-22)18(2,3)4/h8-9,11-12,21H,5-7,10H2,1-4H3,(H,19,23)/t11-,12+/m0/s1. The number of H-pyrrole nitrogens is 1. The monoisotopic (exact) mass is 394 g/mol. The van der Waals surface area contributed by atoms with Crippen LogP contribution in [0.25, 0.3) is 5.65 Å². The molecule has 9 heteroatoms. The molecule has 1 saturated heterocycles. The van der Waals surface area contributed by atoms with Crippen LogP contribution in [0, 0.1) is 5.92 Å². The van der Waals surface area contributed by atoms with Gasteiger partial charge in [0.15, 0.2) is 15.5 Å². The number of aromatic nitrogens is 3. The Morgan fingerprint density at radius 3 is 2.70 bits per heavy atom. The highest BCUT2D eigenvalue weighted by atomic mass is 32.2. The minimum Gasteiger partial charge on any atom is -0.348 e. The first-order chi connectivity index (χ1) is 12.4. The van der Waals surface area contributed by atoms with Crippen LogP contribution in [0.4, 0.5) is 0 Å². The van der Waals surface area contributed by atoms with Crippen molar-refractivity contribution in [2.45, 2.75) is 52.0 Å². The number of amides is 1. The molecule has 2 aromatic heterocycles. The van der Waals surface area contributed by atoms with Crippen molar-refractivity contribution in [3.8, 4) is 0 Å². The zero-order valence-corrected chi connectivity index (χ0v) is 16.9. The van der Waals surface area contributed by atoms with E-state index in [1.165, 1.54) is 10.6 Å². The van der Waals surface area contributed by atoms with Gasteiger partial charge < -0.3 is 5.32 Å². The lowest BCUT2D eigenvalue weighted by Crippen LogP contribution is -2.30. The molecule has 148 valence electrons. The first kappa shape index (κ1) is 19.6. The molecule has 8 nitrogen and oxygen atoms in total. The van der Waals surface area contributed by atoms with Gasteiger partial charge in [0.25, 0.3) is 5.56 Å². The lowest BCUT2D eigenvalue weighted by atomic mass is 9.93. The van der Waals surface area contributed by atoms with Crippen molar-refractivity contribution in [2.75, 3.05) is 11.5 Å². The third-order valence-electron chi connectivity index (χ3n) is 4.90. The number of hydrogen-bond acceptors (Lipinski definition) is 5. The van der Waals surface area contributed by atoms with Crippen LogP contribution in [0.5, 0.6) is 0 Å². The molecule has 2 atom stereocenters. The molecular formula is C18H26N4O4S. The maximum atomic E-state index is 12.4. The van der Waals surface area contributed by atoms with E-state index in [0.717, 1.165) is 5.69 Å². The third kappa shape index (κ3) is 4.40. The summed E-state index contributed by atoms with van der Waals surface area (Å²) in [6.45, 7) is 7.88. The summed E-state index contributed by atoms with van der Waals surface area (Å²) in [5.41, 5.74) is 1.48. The van der Waals surface area contributed by atoms with E-state index in [-0.39, 0.29) is 40.7 Å². The van der Waals surface area contributed by atoms with Crippen LogP contribution in [0.2, 0.25) is 0 Å². The van der Waals surface area contributed by atoms with Crippen LogP contribution < -0.4 is 10.9 Å². The Balaban J connectivity index is 1.74. The zero-order valence-electron chi connectivity index (χ0n) is 16.1. The van der Waals surface area contributed by atoms with Crippen LogP contribution in [0.1, 0.15) is 58.0 Å². The summed E-state index contributed by atoms with van der Waals surface area (Å²) in [7, 11) is -3.00. The van der Waals surface area contributed by atoms with Gasteiger partial charge in [-0.25, -0.2) is 17.9 Å². The van der Waals surface area contributed by atoms with E-state index in [1.807, 2.05) is 26.8 Å². The number of rotatable bonds is 4. The van der Waals surface area contributed by atoms with Crippen molar-refractivity contribution in [1.29, 1.82) is 0 Å². The Bertz CT molecular complexity index is 1030. The molecule has 27 heavy (non-hydrogen) atoms. The Labute approximate surface area is 158 Å². The largest absolute Gasteiger partial charge is 0.348 e. The van der Waals surface area contributed by atoms with Gasteiger partial charge in [-0.15, -0.1) is 0 Å². The maximum absolute atomic E-state index is 12.4. The predicted molar refractivity (Wildman–Crippen MR) is 102 cm³/mol. The highest BCUT2D eigenvalue weighted by molar-refractivity contribution is 7.91. The lowest BCUT2D eigenvalue weighted by molar-refractivity contribution is -0.122. The van der Waals surface area contributed by atoms with Crippen molar-refractivity contribution in [3.05, 3.63) is 33.9 Å². The van der Waals surface area contributed by atoms with E-state index in [4.69, 9.17) is 0 Å². The fourth-order valence-electron chi connectivity index (χ4n) is 3.29. The number of nitrogens with zero attached hydrogens (tertiary/aromatic N) is 2. The summed E-state index contributed by atoms with van der Waals surface area (Å²) in [5, 5.41) is 5.89. The summed E-state index contributed by atoms with van der Waals surface area (Å²) in [4.78, 5) is 29.1. The number of aromatic amines is 1. The van der Waals surface area contributed by atoms with Gasteiger partial charge in [0.05, 0.1) is 23.2 Å². The molecule has 0 aromatic carbocycles. The normalized spacial score (nSPS) is 20.7. The van der Waals surface area contributed by atoms with Crippen molar-refractivity contribution < 1.29 is 13.2 Å². The number of hydrogen-bond donors (Lipinski definition) is 2. The van der Waals surface area contributed by atoms with E-state index in [2.05, 4.69) is 15.4 Å². The Hall–Kier alpha value is -2.16. The van der Waals surface area contributed by atoms with E-state index in [1.54, 1.807) is 6.92 Å². The number of nitrogens with one attached hydrogen (secondary N) is 2. The fourth-order valence-corrected chi connectivity index (χ4v) is 5.15. The topological polar surface area (TPSA) is 113 Å². The van der Waals surface area contributed by atoms with Crippen molar-refractivity contribution >= 4 is 21.4 Å². The summed E-state index contributed by atoms with van der Waals surface area (Å²) in [6.07, 6.45) is 0.692. The summed E-state index contributed by atoms with van der Waals surface area (Å²) < 4.78 is 24.4. The van der Waals surface area contributed by atoms with Gasteiger partial charge in [-0.05, 0) is 19.3 Å². The van der Waals surface area contributed by atoms with Gasteiger partial charge >= 0.3 is 0 Å². The Morgan fingerprint density at radius 1 is 1.41 bits per heavy atom. The SMILES string of the molecule is C[C@H](NC(=O)C[C@H]1CCS(=O)(=O)C1)c1cc(=O)n2[nH]c(C(C)(C)C)cc2n1. The van der Waals surface area contributed by atoms with Crippen molar-refractivity contribution in [2.24, 2.45) is 5.92 Å². The molecule has 0 aliphatic carbocycles. The van der Waals surface area contributed by atoms with Gasteiger partial charge in [0, 0.05) is 29.7 Å². The average Bonchev–Trinajstić information content (AvgIpc) is 3.10. The molecule has 0 radical (unpaired) electrons. The first-order valence-electron chi connectivity index (χ1n) is 9.07. The number of carbonyl (C=O) groups is 1. The second-order valence-electron chi connectivity index (χ2n) is 8.40. The van der Waals surface area contributed by atoms with Gasteiger partial charge in [0.2, 0.25) is 5.91 Å². The maximum Gasteiger partial charge on any atom is 0.272 e. The van der Waals surface area contributed by atoms with Crippen LogP contribution in [0.15, 0.2) is 16.9 Å². The quantitative estimate of drug-likeness (QED) is 0.812. The fraction of sp³-hybridized carbons (Fsp3) is 0.611. The average molecular weight is 394 g/mol. The highest BCUT2D eigenvalue weighted by Gasteiger charge is 2.29. The summed E-state index contributed by atoms with van der Waals surface area (Å²) in [5.74, 6) is -0.142. The molecule has 0 spiro atoms. The van der Waals surface area contributed by atoms with E-state index in [0.29, 0.717) is 17.8 Å². The summed E-state index contributed by atoms with van der Waals surface area (Å²) in [6, 6.07) is 2.80. The van der Waals surface area contributed by atoms with Crippen LogP contribution in [0.3, 0.4) is 0 Å². The van der Waals surface area contributed by atoms with Crippen molar-refractivity contribution in [3.63, 3.8) is 0 Å². The molecule has 0 bridgehead atoms. The van der Waals surface area contributed by atoms with E-state index >= 15 is 0 Å². The number of sulfone groups is 1. The van der Waals surface area contributed by atoms with Gasteiger partial charge in [-0.3, -0.25) is 14.7 Å². The molecule has 0 saturated carbocycles. The van der Waals surface area contributed by atoms with Crippen molar-refractivity contribution in [1.82, 2.24) is 19.9 Å². The number of fused-ring (bicyclic) bond motifs is 1. The molecule has 2 aromatic rings. The van der Waals surface area contributed by atoms with E-state index in [9.17, 15) is 18.0 Å². The highest BCUT2D eigenvalue weighted by Crippen LogP contribution is 2.23. The molecule has 0 unspecified atom stereocenters. The van der Waals surface area contributed by atoms with Gasteiger partial charge in [-0.2, -0.15) is 0 Å². The smallest absolute Gasteiger partial charge is 0.272 e. The minimum atomic E-state index is -3.00. The lowest BCUT2D eigenvalue weighted by Gasteiger charge is -2.15. The van der Waals surface area contributed by atoms with Gasteiger partial charge in [0.1, 0.15) is 0 Å². The Morgan fingerprint density at radius 2 is 2.11 bits per heavy atom. The second kappa shape index (κ2) is 6.78.